The average Bonchev–Trinajstić information content (AvgIpc) is 2.85. The number of carbonyl (C=O) groups excluding carboxylic acids is 1. The number of amides is 1. The Labute approximate surface area is 73.9 Å². The smallest absolute Gasteiger partial charge is 0.226 e. The van der Waals surface area contributed by atoms with Crippen LogP contribution in [0.4, 0.5) is 0 Å². The fraction of sp³-hybridized carbons (Fsp3) is 0.889. The summed E-state index contributed by atoms with van der Waals surface area (Å²) in [6.45, 7) is 6.34. The second kappa shape index (κ2) is 3.90. The van der Waals surface area contributed by atoms with Crippen LogP contribution in [-0.4, -0.2) is 30.4 Å². The van der Waals surface area contributed by atoms with Crippen LogP contribution in [0.3, 0.4) is 0 Å². The first kappa shape index (κ1) is 9.52. The van der Waals surface area contributed by atoms with E-state index in [1.165, 1.54) is 0 Å². The van der Waals surface area contributed by atoms with Crippen LogP contribution in [0.25, 0.3) is 0 Å². The van der Waals surface area contributed by atoms with Crippen molar-refractivity contribution in [3.8, 4) is 0 Å². The van der Waals surface area contributed by atoms with E-state index in [2.05, 4.69) is 0 Å². The fourth-order valence-electron chi connectivity index (χ4n) is 1.58. The highest BCUT2D eigenvalue weighted by Crippen LogP contribution is 2.38. The Balaban J connectivity index is 2.38. The molecule has 2 atom stereocenters. The molecule has 0 aromatic carbocycles. The van der Waals surface area contributed by atoms with Crippen LogP contribution in [0.1, 0.15) is 20.3 Å². The molecule has 3 nitrogen and oxygen atoms in total. The molecule has 1 saturated carbocycles. The van der Waals surface area contributed by atoms with Crippen molar-refractivity contribution in [2.45, 2.75) is 20.3 Å². The summed E-state index contributed by atoms with van der Waals surface area (Å²) < 4.78 is 0. The molecule has 0 saturated heterocycles. The standard InChI is InChI=1S/C9H18N2O/c1-3-11(4-2)9(12)8-5-7(8)6-10/h7-8H,3-6,10H2,1-2H3/t7-,8-/m0/s1. The lowest BCUT2D eigenvalue weighted by atomic mass is 10.3. The van der Waals surface area contributed by atoms with Gasteiger partial charge in [-0.3, -0.25) is 4.79 Å². The SMILES string of the molecule is CCN(CC)C(=O)[C@H]1C[C@H]1CN. The molecule has 12 heavy (non-hydrogen) atoms. The molecule has 70 valence electrons. The van der Waals surface area contributed by atoms with Crippen molar-refractivity contribution in [1.29, 1.82) is 0 Å². The third-order valence-corrected chi connectivity index (χ3v) is 2.62. The summed E-state index contributed by atoms with van der Waals surface area (Å²) >= 11 is 0. The molecule has 0 unspecified atom stereocenters. The monoisotopic (exact) mass is 170 g/mol. The largest absolute Gasteiger partial charge is 0.343 e. The van der Waals surface area contributed by atoms with Crippen LogP contribution >= 0.6 is 0 Å². The van der Waals surface area contributed by atoms with Crippen molar-refractivity contribution in [2.24, 2.45) is 17.6 Å². The Morgan fingerprint density at radius 1 is 1.50 bits per heavy atom. The Bertz CT molecular complexity index is 166. The molecule has 1 aliphatic rings. The summed E-state index contributed by atoms with van der Waals surface area (Å²) in [5.74, 6) is 1.02. The van der Waals surface area contributed by atoms with E-state index < -0.39 is 0 Å². The zero-order chi connectivity index (χ0) is 9.14. The molecule has 1 aliphatic carbocycles. The van der Waals surface area contributed by atoms with Crippen molar-refractivity contribution in [2.75, 3.05) is 19.6 Å². The molecule has 3 heteroatoms. The molecule has 0 radical (unpaired) electrons. The number of hydrogen-bond acceptors (Lipinski definition) is 2. The average molecular weight is 170 g/mol. The van der Waals surface area contributed by atoms with Crippen molar-refractivity contribution >= 4 is 5.91 Å². The predicted octanol–water partition coefficient (Wildman–Crippen LogP) is 0.450. The highest BCUT2D eigenvalue weighted by Gasteiger charge is 2.43. The maximum absolute atomic E-state index is 11.6. The van der Waals surface area contributed by atoms with Gasteiger partial charge in [-0.05, 0) is 32.7 Å². The van der Waals surface area contributed by atoms with Gasteiger partial charge in [0.1, 0.15) is 0 Å². The van der Waals surface area contributed by atoms with Crippen LogP contribution < -0.4 is 5.73 Å². The zero-order valence-corrected chi connectivity index (χ0v) is 7.92. The number of rotatable bonds is 4. The third-order valence-electron chi connectivity index (χ3n) is 2.62. The molecule has 1 amide bonds. The van der Waals surface area contributed by atoms with E-state index in [-0.39, 0.29) is 5.92 Å². The lowest BCUT2D eigenvalue weighted by molar-refractivity contribution is -0.132. The van der Waals surface area contributed by atoms with E-state index in [1.807, 2.05) is 18.7 Å². The summed E-state index contributed by atoms with van der Waals surface area (Å²) in [7, 11) is 0. The van der Waals surface area contributed by atoms with Crippen LogP contribution in [0.15, 0.2) is 0 Å². The van der Waals surface area contributed by atoms with Gasteiger partial charge < -0.3 is 10.6 Å². The summed E-state index contributed by atoms with van der Waals surface area (Å²) in [5, 5.41) is 0. The highest BCUT2D eigenvalue weighted by atomic mass is 16.2. The van der Waals surface area contributed by atoms with E-state index >= 15 is 0 Å². The lowest BCUT2D eigenvalue weighted by Gasteiger charge is -2.18. The number of nitrogens with two attached hydrogens (primary N) is 1. The maximum atomic E-state index is 11.6. The molecule has 0 heterocycles. The van der Waals surface area contributed by atoms with Gasteiger partial charge in [0, 0.05) is 19.0 Å². The summed E-state index contributed by atoms with van der Waals surface area (Å²) in [6.07, 6.45) is 1.01. The van der Waals surface area contributed by atoms with E-state index in [0.29, 0.717) is 18.4 Å². The topological polar surface area (TPSA) is 46.3 Å². The van der Waals surface area contributed by atoms with Gasteiger partial charge >= 0.3 is 0 Å². The lowest BCUT2D eigenvalue weighted by Crippen LogP contribution is -2.32. The third kappa shape index (κ3) is 1.78. The molecular formula is C9H18N2O. The first-order valence-electron chi connectivity index (χ1n) is 4.73. The molecule has 0 aromatic heterocycles. The Morgan fingerprint density at radius 2 is 2.08 bits per heavy atom. The van der Waals surface area contributed by atoms with Gasteiger partial charge in [-0.1, -0.05) is 0 Å². The van der Waals surface area contributed by atoms with Gasteiger partial charge in [0.25, 0.3) is 0 Å². The Hall–Kier alpha value is -0.570. The first-order valence-corrected chi connectivity index (χ1v) is 4.73. The van der Waals surface area contributed by atoms with Gasteiger partial charge in [0.15, 0.2) is 0 Å². The molecule has 0 aliphatic heterocycles. The van der Waals surface area contributed by atoms with Gasteiger partial charge in [-0.2, -0.15) is 0 Å². The van der Waals surface area contributed by atoms with Gasteiger partial charge in [-0.25, -0.2) is 0 Å². The van der Waals surface area contributed by atoms with E-state index in [0.717, 1.165) is 19.5 Å². The molecule has 0 bridgehead atoms. The van der Waals surface area contributed by atoms with E-state index in [1.54, 1.807) is 0 Å². The minimum Gasteiger partial charge on any atom is -0.343 e. The minimum absolute atomic E-state index is 0.245. The summed E-state index contributed by atoms with van der Waals surface area (Å²) in [6, 6.07) is 0. The normalized spacial score (nSPS) is 26.9. The predicted molar refractivity (Wildman–Crippen MR) is 48.6 cm³/mol. The van der Waals surface area contributed by atoms with E-state index in [4.69, 9.17) is 5.73 Å². The number of carbonyl (C=O) groups is 1. The fourth-order valence-corrected chi connectivity index (χ4v) is 1.58. The van der Waals surface area contributed by atoms with E-state index in [9.17, 15) is 4.79 Å². The van der Waals surface area contributed by atoms with Crippen molar-refractivity contribution in [3.05, 3.63) is 0 Å². The minimum atomic E-state index is 0.245. The van der Waals surface area contributed by atoms with Crippen LogP contribution in [-0.2, 0) is 4.79 Å². The summed E-state index contributed by atoms with van der Waals surface area (Å²) in [5.41, 5.74) is 5.47. The quantitative estimate of drug-likeness (QED) is 0.666. The maximum Gasteiger partial charge on any atom is 0.226 e. The molecule has 1 fully saturated rings. The second-order valence-corrected chi connectivity index (χ2v) is 3.35. The van der Waals surface area contributed by atoms with Crippen LogP contribution in [0, 0.1) is 11.8 Å². The zero-order valence-electron chi connectivity index (χ0n) is 7.92. The molecule has 1 rings (SSSR count). The van der Waals surface area contributed by atoms with Crippen molar-refractivity contribution in [1.82, 2.24) is 4.90 Å². The second-order valence-electron chi connectivity index (χ2n) is 3.35. The number of nitrogens with zero attached hydrogens (tertiary/aromatic N) is 1. The van der Waals surface area contributed by atoms with Gasteiger partial charge in [-0.15, -0.1) is 0 Å². The molecule has 2 N–H and O–H groups in total. The first-order chi connectivity index (χ1) is 5.74. The Morgan fingerprint density at radius 3 is 2.42 bits per heavy atom. The van der Waals surface area contributed by atoms with Gasteiger partial charge in [0.05, 0.1) is 0 Å². The van der Waals surface area contributed by atoms with Crippen LogP contribution in [0.5, 0.6) is 0 Å². The highest BCUT2D eigenvalue weighted by molar-refractivity contribution is 5.81. The van der Waals surface area contributed by atoms with Crippen molar-refractivity contribution in [3.63, 3.8) is 0 Å². The van der Waals surface area contributed by atoms with Gasteiger partial charge in [0.2, 0.25) is 5.91 Å². The molecule has 0 aromatic rings. The molecular weight excluding hydrogens is 152 g/mol. The molecule has 0 spiro atoms. The van der Waals surface area contributed by atoms with Crippen molar-refractivity contribution < 1.29 is 4.79 Å². The van der Waals surface area contributed by atoms with Crippen LogP contribution in [0.2, 0.25) is 0 Å². The number of hydrogen-bond donors (Lipinski definition) is 1. The summed E-state index contributed by atoms with van der Waals surface area (Å²) in [4.78, 5) is 13.5. The Kier molecular flexibility index (Phi) is 3.09.